The number of imidazole rings is 1. The fraction of sp³-hybridized carbons (Fsp3) is 0. The number of aromatic amines is 1. The van der Waals surface area contributed by atoms with Gasteiger partial charge in [0, 0.05) is 22.3 Å². The maximum atomic E-state index is 11.9. The van der Waals surface area contributed by atoms with Crippen molar-refractivity contribution in [1.29, 1.82) is 5.26 Å². The number of furan rings is 1. The van der Waals surface area contributed by atoms with Crippen LogP contribution >= 0.6 is 15.9 Å². The van der Waals surface area contributed by atoms with Crippen molar-refractivity contribution in [2.45, 2.75) is 0 Å². The molecule has 3 aromatic heterocycles. The van der Waals surface area contributed by atoms with Gasteiger partial charge in [-0.3, -0.25) is 14.9 Å². The molecule has 1 aliphatic heterocycles. The van der Waals surface area contributed by atoms with Crippen LogP contribution in [0.4, 0.5) is 0 Å². The number of halogens is 1. The average molecular weight is 460 g/mol. The predicted molar refractivity (Wildman–Crippen MR) is 111 cm³/mol. The third-order valence-corrected chi connectivity index (χ3v) is 5.05. The first kappa shape index (κ1) is 18.0. The molecule has 2 N–H and O–H groups in total. The Morgan fingerprint density at radius 3 is 2.80 bits per heavy atom. The van der Waals surface area contributed by atoms with E-state index in [4.69, 9.17) is 4.42 Å². The number of H-pyrrole nitrogens is 1. The summed E-state index contributed by atoms with van der Waals surface area (Å²) in [5.74, 6) is 0.487. The van der Waals surface area contributed by atoms with Crippen molar-refractivity contribution in [3.05, 3.63) is 69.8 Å². The Morgan fingerprint density at radius 1 is 1.13 bits per heavy atom. The molecule has 0 fully saturated rings. The van der Waals surface area contributed by atoms with Gasteiger partial charge in [-0.1, -0.05) is 6.07 Å². The van der Waals surface area contributed by atoms with Gasteiger partial charge in [-0.25, -0.2) is 9.97 Å². The minimum Gasteiger partial charge on any atom is -0.457 e. The van der Waals surface area contributed by atoms with Gasteiger partial charge in [-0.2, -0.15) is 5.26 Å². The van der Waals surface area contributed by atoms with E-state index in [1.165, 1.54) is 0 Å². The summed E-state index contributed by atoms with van der Waals surface area (Å²) in [6, 6.07) is 12.3. The van der Waals surface area contributed by atoms with Crippen LogP contribution in [-0.4, -0.2) is 26.8 Å². The van der Waals surface area contributed by atoms with Crippen LogP contribution in [0.25, 0.3) is 34.1 Å². The maximum absolute atomic E-state index is 11.9. The smallest absolute Gasteiger partial charge is 0.258 e. The molecule has 1 aromatic carbocycles. The van der Waals surface area contributed by atoms with Gasteiger partial charge in [0.05, 0.1) is 22.2 Å². The molecule has 0 bridgehead atoms. The van der Waals surface area contributed by atoms with Crippen LogP contribution in [0.5, 0.6) is 0 Å². The van der Waals surface area contributed by atoms with E-state index in [1.54, 1.807) is 42.6 Å². The lowest BCUT2D eigenvalue weighted by atomic mass is 10.0. The molecular weight excluding hydrogens is 450 g/mol. The first-order chi connectivity index (χ1) is 14.5. The van der Waals surface area contributed by atoms with Crippen LogP contribution < -0.4 is 5.32 Å². The Hall–Kier alpha value is -4.03. The Balaban J connectivity index is 1.49. The van der Waals surface area contributed by atoms with E-state index in [1.807, 2.05) is 6.07 Å². The molecule has 1 aliphatic rings. The van der Waals surface area contributed by atoms with Crippen LogP contribution in [0, 0.1) is 11.3 Å². The number of pyridine rings is 1. The molecule has 4 heterocycles. The number of hydrogen-bond acceptors (Lipinski definition) is 6. The molecule has 0 spiro atoms. The van der Waals surface area contributed by atoms with Crippen molar-refractivity contribution in [2.24, 2.45) is 0 Å². The molecule has 30 heavy (non-hydrogen) atoms. The molecule has 4 aromatic rings. The highest BCUT2D eigenvalue weighted by atomic mass is 79.9. The van der Waals surface area contributed by atoms with Gasteiger partial charge in [0.2, 0.25) is 0 Å². The van der Waals surface area contributed by atoms with E-state index < -0.39 is 11.8 Å². The molecule has 144 valence electrons. The number of carbonyl (C=O) groups excluding carboxylic acids is 2. The van der Waals surface area contributed by atoms with Crippen LogP contribution in [0.3, 0.4) is 0 Å². The van der Waals surface area contributed by atoms with Crippen molar-refractivity contribution >= 4 is 50.6 Å². The highest BCUT2D eigenvalue weighted by Crippen LogP contribution is 2.28. The summed E-state index contributed by atoms with van der Waals surface area (Å²) in [5, 5.41) is 11.8. The zero-order chi connectivity index (χ0) is 20.8. The summed E-state index contributed by atoms with van der Waals surface area (Å²) >= 11 is 3.35. The normalized spacial score (nSPS) is 13.4. The molecular formula is C21H10BrN5O3. The number of nitrogens with zero attached hydrogens (tertiary/aromatic N) is 3. The molecule has 0 unspecified atom stereocenters. The maximum Gasteiger partial charge on any atom is 0.258 e. The Labute approximate surface area is 177 Å². The van der Waals surface area contributed by atoms with Crippen molar-refractivity contribution in [3.63, 3.8) is 0 Å². The topological polar surface area (TPSA) is 125 Å². The molecule has 0 saturated carbocycles. The Morgan fingerprint density at radius 2 is 1.97 bits per heavy atom. The van der Waals surface area contributed by atoms with Gasteiger partial charge in [-0.05, 0) is 46.3 Å². The van der Waals surface area contributed by atoms with Gasteiger partial charge in [-0.15, -0.1) is 0 Å². The number of nitriles is 1. The number of aromatic nitrogens is 3. The second kappa shape index (κ2) is 6.79. The van der Waals surface area contributed by atoms with E-state index in [-0.39, 0.29) is 5.57 Å². The largest absolute Gasteiger partial charge is 0.457 e. The zero-order valence-corrected chi connectivity index (χ0v) is 16.6. The fourth-order valence-electron chi connectivity index (χ4n) is 3.20. The molecule has 0 radical (unpaired) electrons. The van der Waals surface area contributed by atoms with Crippen LogP contribution in [0.2, 0.25) is 0 Å². The number of fused-ring (bicyclic) bond motifs is 2. The van der Waals surface area contributed by atoms with Crippen molar-refractivity contribution in [3.8, 4) is 17.4 Å². The molecule has 0 saturated heterocycles. The summed E-state index contributed by atoms with van der Waals surface area (Å²) in [5.41, 5.74) is 2.78. The Bertz CT molecular complexity index is 1440. The van der Waals surface area contributed by atoms with Gasteiger partial charge in [0.15, 0.2) is 11.5 Å². The number of rotatable bonds is 3. The number of amides is 2. The van der Waals surface area contributed by atoms with Crippen molar-refractivity contribution in [2.75, 3.05) is 0 Å². The number of nitrogens with one attached hydrogen (secondary N) is 2. The summed E-state index contributed by atoms with van der Waals surface area (Å²) in [6.45, 7) is 0. The monoisotopic (exact) mass is 459 g/mol. The zero-order valence-electron chi connectivity index (χ0n) is 15.1. The lowest BCUT2D eigenvalue weighted by Gasteiger charge is -1.99. The van der Waals surface area contributed by atoms with E-state index >= 15 is 0 Å². The summed E-state index contributed by atoms with van der Waals surface area (Å²) < 4.78 is 6.63. The minimum atomic E-state index is -0.430. The molecule has 8 nitrogen and oxygen atoms in total. The Kier molecular flexibility index (Phi) is 4.08. The minimum absolute atomic E-state index is 0.281. The van der Waals surface area contributed by atoms with Gasteiger partial charge in [0.1, 0.15) is 17.6 Å². The first-order valence-corrected chi connectivity index (χ1v) is 9.54. The third-order valence-electron chi connectivity index (χ3n) is 4.61. The highest BCUT2D eigenvalue weighted by Gasteiger charge is 2.27. The lowest BCUT2D eigenvalue weighted by Crippen LogP contribution is -2.19. The van der Waals surface area contributed by atoms with Crippen LogP contribution in [0.15, 0.2) is 51.5 Å². The molecule has 0 atom stereocenters. The van der Waals surface area contributed by atoms with Crippen LogP contribution in [0.1, 0.15) is 32.3 Å². The molecule has 2 amide bonds. The van der Waals surface area contributed by atoms with Crippen molar-refractivity contribution in [1.82, 2.24) is 20.3 Å². The molecule has 5 rings (SSSR count). The second-order valence-corrected chi connectivity index (χ2v) is 7.44. The van der Waals surface area contributed by atoms with E-state index in [9.17, 15) is 14.9 Å². The van der Waals surface area contributed by atoms with E-state index in [0.29, 0.717) is 45.2 Å². The van der Waals surface area contributed by atoms with Crippen LogP contribution in [-0.2, 0) is 0 Å². The van der Waals surface area contributed by atoms with Gasteiger partial charge in [0.25, 0.3) is 11.8 Å². The lowest BCUT2D eigenvalue weighted by molar-refractivity contribution is 0.0879. The number of carbonyl (C=O) groups is 2. The van der Waals surface area contributed by atoms with Gasteiger partial charge < -0.3 is 9.40 Å². The predicted octanol–water partition coefficient (Wildman–Crippen LogP) is 3.93. The highest BCUT2D eigenvalue weighted by molar-refractivity contribution is 9.10. The third kappa shape index (κ3) is 3.00. The quantitative estimate of drug-likeness (QED) is 0.353. The number of benzene rings is 1. The number of hydrogen-bond donors (Lipinski definition) is 2. The first-order valence-electron chi connectivity index (χ1n) is 8.75. The molecule has 0 aliphatic carbocycles. The van der Waals surface area contributed by atoms with E-state index in [0.717, 1.165) is 4.47 Å². The van der Waals surface area contributed by atoms with Crippen molar-refractivity contribution < 1.29 is 14.0 Å². The fourth-order valence-corrected chi connectivity index (χ4v) is 3.54. The number of imide groups is 1. The van der Waals surface area contributed by atoms with Gasteiger partial charge >= 0.3 is 0 Å². The second-order valence-electron chi connectivity index (χ2n) is 6.53. The summed E-state index contributed by atoms with van der Waals surface area (Å²) in [6.07, 6.45) is 3.20. The molecule has 9 heteroatoms. The van der Waals surface area contributed by atoms with E-state index in [2.05, 4.69) is 42.3 Å². The standard InChI is InChI=1S/C21H10BrN5O3/c22-12-7-16-19(24-9-12)26-18(25-16)11(8-23)5-13-2-4-17(30-13)10-1-3-14-15(6-10)21(29)27-20(14)28/h1-7,9H,(H,24,25,26)(H,27,28,29)/b11-5+. The SMILES string of the molecule is N#C/C(=C\c1ccc(-c2ccc3c(c2)C(=O)NC3=O)o1)c1nc2ncc(Br)cc2[nH]1. The summed E-state index contributed by atoms with van der Waals surface area (Å²) in [4.78, 5) is 35.2. The average Bonchev–Trinajstić information content (AvgIpc) is 3.43. The summed E-state index contributed by atoms with van der Waals surface area (Å²) in [7, 11) is 0. The number of allylic oxidation sites excluding steroid dienone is 1.